The van der Waals surface area contributed by atoms with Crippen molar-refractivity contribution >= 4 is 0 Å². The van der Waals surface area contributed by atoms with E-state index in [2.05, 4.69) is 44.8 Å². The Morgan fingerprint density at radius 2 is 2.00 bits per heavy atom. The van der Waals surface area contributed by atoms with E-state index in [0.717, 1.165) is 32.2 Å². The Kier molecular flexibility index (Phi) is 7.33. The van der Waals surface area contributed by atoms with Crippen LogP contribution in [0, 0.1) is 11.3 Å². The van der Waals surface area contributed by atoms with Crippen LogP contribution < -0.4 is 5.32 Å². The van der Waals surface area contributed by atoms with Gasteiger partial charge in [0.05, 0.1) is 6.61 Å². The average molecular weight is 270 g/mol. The van der Waals surface area contributed by atoms with Gasteiger partial charge < -0.3 is 10.1 Å². The minimum atomic E-state index is 0.328. The maximum Gasteiger partial charge on any atom is 0.0547 e. The molecule has 1 heterocycles. The maximum absolute atomic E-state index is 5.71. The second-order valence-corrected chi connectivity index (χ2v) is 6.90. The summed E-state index contributed by atoms with van der Waals surface area (Å²) >= 11 is 0. The van der Waals surface area contributed by atoms with Gasteiger partial charge in [-0.25, -0.2) is 0 Å². The summed E-state index contributed by atoms with van der Waals surface area (Å²) in [6, 6.07) is 0.617. The molecule has 1 atom stereocenters. The van der Waals surface area contributed by atoms with Crippen molar-refractivity contribution in [1.82, 2.24) is 10.2 Å². The van der Waals surface area contributed by atoms with Gasteiger partial charge in [-0.05, 0) is 39.2 Å². The predicted octanol–water partition coefficient (Wildman–Crippen LogP) is 2.76. The van der Waals surface area contributed by atoms with E-state index in [0.29, 0.717) is 11.5 Å². The Balaban J connectivity index is 2.58. The summed E-state index contributed by atoms with van der Waals surface area (Å²) in [6.45, 7) is 17.9. The molecule has 1 aliphatic heterocycles. The molecule has 3 heteroatoms. The lowest BCUT2D eigenvalue weighted by molar-refractivity contribution is 0.0856. The van der Waals surface area contributed by atoms with Crippen molar-refractivity contribution < 1.29 is 4.74 Å². The number of hydrogen-bond acceptors (Lipinski definition) is 3. The van der Waals surface area contributed by atoms with Gasteiger partial charge in [-0.2, -0.15) is 0 Å². The first-order valence-electron chi connectivity index (χ1n) is 8.01. The second-order valence-electron chi connectivity index (χ2n) is 6.90. The largest absolute Gasteiger partial charge is 0.381 e. The summed E-state index contributed by atoms with van der Waals surface area (Å²) in [6.07, 6.45) is 2.40. The first-order valence-corrected chi connectivity index (χ1v) is 8.01. The highest BCUT2D eigenvalue weighted by atomic mass is 16.5. The molecule has 19 heavy (non-hydrogen) atoms. The highest BCUT2D eigenvalue weighted by Gasteiger charge is 2.36. The zero-order chi connectivity index (χ0) is 14.3. The summed E-state index contributed by atoms with van der Waals surface area (Å²) in [5.41, 5.74) is 0.328. The molecule has 1 fully saturated rings. The molecule has 1 aliphatic rings. The fourth-order valence-corrected chi connectivity index (χ4v) is 2.86. The number of ether oxygens (including phenoxy) is 1. The Bertz CT molecular complexity index is 235. The highest BCUT2D eigenvalue weighted by Crippen LogP contribution is 2.30. The Morgan fingerprint density at radius 3 is 2.47 bits per heavy atom. The minimum Gasteiger partial charge on any atom is -0.381 e. The van der Waals surface area contributed by atoms with Crippen molar-refractivity contribution in [3.8, 4) is 0 Å². The van der Waals surface area contributed by atoms with Crippen molar-refractivity contribution in [2.45, 2.75) is 53.5 Å². The fourth-order valence-electron chi connectivity index (χ4n) is 2.86. The smallest absolute Gasteiger partial charge is 0.0547 e. The third kappa shape index (κ3) is 5.80. The van der Waals surface area contributed by atoms with Gasteiger partial charge in [-0.1, -0.05) is 20.8 Å². The van der Waals surface area contributed by atoms with E-state index >= 15 is 0 Å². The maximum atomic E-state index is 5.71. The molecule has 1 unspecified atom stereocenters. The second kappa shape index (κ2) is 8.23. The SMILES string of the molecule is CCCNCC1(CN(CC(C)C)C(C)C)CCOC1. The highest BCUT2D eigenvalue weighted by molar-refractivity contribution is 4.89. The van der Waals surface area contributed by atoms with Gasteiger partial charge in [0.15, 0.2) is 0 Å². The van der Waals surface area contributed by atoms with E-state index in [9.17, 15) is 0 Å². The molecule has 1 N–H and O–H groups in total. The summed E-state index contributed by atoms with van der Waals surface area (Å²) < 4.78 is 5.71. The first-order chi connectivity index (χ1) is 8.99. The van der Waals surface area contributed by atoms with Crippen LogP contribution in [0.2, 0.25) is 0 Å². The summed E-state index contributed by atoms with van der Waals surface area (Å²) in [7, 11) is 0. The first kappa shape index (κ1) is 16.9. The third-order valence-corrected chi connectivity index (χ3v) is 3.98. The lowest BCUT2D eigenvalue weighted by atomic mass is 9.85. The number of nitrogens with one attached hydrogen (secondary N) is 1. The molecule has 0 aromatic heterocycles. The van der Waals surface area contributed by atoms with Crippen molar-refractivity contribution in [3.63, 3.8) is 0 Å². The number of nitrogens with zero attached hydrogens (tertiary/aromatic N) is 1. The topological polar surface area (TPSA) is 24.5 Å². The van der Waals surface area contributed by atoms with E-state index in [1.807, 2.05) is 0 Å². The van der Waals surface area contributed by atoms with Gasteiger partial charge in [0, 0.05) is 37.7 Å². The zero-order valence-corrected chi connectivity index (χ0v) is 13.7. The number of hydrogen-bond donors (Lipinski definition) is 1. The van der Waals surface area contributed by atoms with Crippen LogP contribution in [0.5, 0.6) is 0 Å². The van der Waals surface area contributed by atoms with E-state index in [1.165, 1.54) is 25.9 Å². The molecule has 0 aliphatic carbocycles. The standard InChI is InChI=1S/C16H34N2O/c1-6-8-17-11-16(7-9-19-13-16)12-18(15(4)5)10-14(2)3/h14-15,17H,6-13H2,1-5H3. The lowest BCUT2D eigenvalue weighted by Gasteiger charge is -2.37. The van der Waals surface area contributed by atoms with Gasteiger partial charge in [0.2, 0.25) is 0 Å². The van der Waals surface area contributed by atoms with Crippen LogP contribution in [0.15, 0.2) is 0 Å². The van der Waals surface area contributed by atoms with Crippen molar-refractivity contribution in [1.29, 1.82) is 0 Å². The predicted molar refractivity (Wildman–Crippen MR) is 82.6 cm³/mol. The van der Waals surface area contributed by atoms with Gasteiger partial charge in [0.25, 0.3) is 0 Å². The summed E-state index contributed by atoms with van der Waals surface area (Å²) in [5.74, 6) is 0.727. The summed E-state index contributed by atoms with van der Waals surface area (Å²) in [5, 5.41) is 3.61. The van der Waals surface area contributed by atoms with Gasteiger partial charge in [-0.3, -0.25) is 4.90 Å². The molecule has 3 nitrogen and oxygen atoms in total. The molecule has 0 saturated carbocycles. The van der Waals surface area contributed by atoms with Gasteiger partial charge >= 0.3 is 0 Å². The van der Waals surface area contributed by atoms with Crippen LogP contribution in [0.4, 0.5) is 0 Å². The molecular formula is C16H34N2O. The van der Waals surface area contributed by atoms with Crippen LogP contribution >= 0.6 is 0 Å². The summed E-state index contributed by atoms with van der Waals surface area (Å²) in [4.78, 5) is 2.63. The zero-order valence-electron chi connectivity index (χ0n) is 13.7. The molecular weight excluding hydrogens is 236 g/mol. The third-order valence-electron chi connectivity index (χ3n) is 3.98. The molecule has 114 valence electrons. The molecule has 0 bridgehead atoms. The van der Waals surface area contributed by atoms with Gasteiger partial charge in [-0.15, -0.1) is 0 Å². The van der Waals surface area contributed by atoms with Crippen LogP contribution in [-0.4, -0.2) is 50.3 Å². The fraction of sp³-hybridized carbons (Fsp3) is 1.00. The normalized spacial score (nSPS) is 24.0. The van der Waals surface area contributed by atoms with Crippen molar-refractivity contribution in [2.24, 2.45) is 11.3 Å². The van der Waals surface area contributed by atoms with E-state index in [4.69, 9.17) is 4.74 Å². The van der Waals surface area contributed by atoms with Crippen molar-refractivity contribution in [3.05, 3.63) is 0 Å². The van der Waals surface area contributed by atoms with Crippen LogP contribution in [0.25, 0.3) is 0 Å². The van der Waals surface area contributed by atoms with Crippen LogP contribution in [0.3, 0.4) is 0 Å². The van der Waals surface area contributed by atoms with E-state index in [1.54, 1.807) is 0 Å². The Hall–Kier alpha value is -0.120. The van der Waals surface area contributed by atoms with Gasteiger partial charge in [0.1, 0.15) is 0 Å². The molecule has 1 saturated heterocycles. The average Bonchev–Trinajstić information content (AvgIpc) is 2.77. The molecule has 1 rings (SSSR count). The van der Waals surface area contributed by atoms with E-state index < -0.39 is 0 Å². The number of rotatable bonds is 9. The molecule has 0 radical (unpaired) electrons. The molecule has 0 aromatic rings. The lowest BCUT2D eigenvalue weighted by Crippen LogP contribution is -2.48. The molecule has 0 spiro atoms. The quantitative estimate of drug-likeness (QED) is 0.652. The van der Waals surface area contributed by atoms with E-state index in [-0.39, 0.29) is 0 Å². The van der Waals surface area contributed by atoms with Crippen molar-refractivity contribution in [2.75, 3.05) is 39.4 Å². The molecule has 0 amide bonds. The minimum absolute atomic E-state index is 0.328. The van der Waals surface area contributed by atoms with Crippen LogP contribution in [-0.2, 0) is 4.74 Å². The monoisotopic (exact) mass is 270 g/mol. The van der Waals surface area contributed by atoms with Crippen LogP contribution in [0.1, 0.15) is 47.5 Å². The Morgan fingerprint density at radius 1 is 1.26 bits per heavy atom. The molecule has 0 aromatic carbocycles. The Labute approximate surface area is 120 Å².